The van der Waals surface area contributed by atoms with Crippen LogP contribution in [0.25, 0.3) is 0 Å². The van der Waals surface area contributed by atoms with E-state index in [-0.39, 0.29) is 11.4 Å². The monoisotopic (exact) mass is 432 g/mol. The number of carboxylic acids is 2. The van der Waals surface area contributed by atoms with Crippen molar-refractivity contribution in [3.05, 3.63) is 47.5 Å². The predicted octanol–water partition coefficient (Wildman–Crippen LogP) is 1.02. The van der Waals surface area contributed by atoms with Gasteiger partial charge >= 0.3 is 11.9 Å². The van der Waals surface area contributed by atoms with Crippen molar-refractivity contribution in [1.29, 1.82) is 0 Å². The van der Waals surface area contributed by atoms with Crippen LogP contribution in [0.1, 0.15) is 20.7 Å². The van der Waals surface area contributed by atoms with E-state index >= 15 is 0 Å². The van der Waals surface area contributed by atoms with E-state index in [1.54, 1.807) is 0 Å². The quantitative estimate of drug-likeness (QED) is 0.268. The van der Waals surface area contributed by atoms with Crippen LogP contribution in [0.4, 0.5) is 11.4 Å². The maximum Gasteiger partial charge on any atom is 0.337 e. The number of hydrogen-bond donors (Lipinski definition) is 6. The van der Waals surface area contributed by atoms with Crippen LogP contribution < -0.4 is 10.9 Å². The fourth-order valence-corrected chi connectivity index (χ4v) is 3.09. The van der Waals surface area contributed by atoms with Crippen LogP contribution in [-0.4, -0.2) is 48.1 Å². The highest BCUT2D eigenvalue weighted by Crippen LogP contribution is 2.24. The summed E-state index contributed by atoms with van der Waals surface area (Å²) in [6.07, 6.45) is 0. The highest BCUT2D eigenvalue weighted by atomic mass is 32.2. The molecule has 0 saturated carbocycles. The molecule has 150 valence electrons. The van der Waals surface area contributed by atoms with Gasteiger partial charge in [-0.3, -0.25) is 20.0 Å². The molecule has 28 heavy (non-hydrogen) atoms. The van der Waals surface area contributed by atoms with Gasteiger partial charge in [0.1, 0.15) is 0 Å². The molecule has 0 fully saturated rings. The second-order valence-electron chi connectivity index (χ2n) is 5.23. The lowest BCUT2D eigenvalue weighted by molar-refractivity contribution is 0.0686. The van der Waals surface area contributed by atoms with Crippen molar-refractivity contribution in [3.8, 4) is 0 Å². The summed E-state index contributed by atoms with van der Waals surface area (Å²) < 4.78 is 62.8. The molecule has 0 bridgehead atoms. The first-order valence-corrected chi connectivity index (χ1v) is 9.90. The molecular formula is C14H12N2O10S2. The summed E-state index contributed by atoms with van der Waals surface area (Å²) >= 11 is 0. The lowest BCUT2D eigenvalue weighted by Crippen LogP contribution is -2.16. The minimum Gasteiger partial charge on any atom is -0.478 e. The Balaban J connectivity index is 2.46. The van der Waals surface area contributed by atoms with Gasteiger partial charge < -0.3 is 10.2 Å². The normalized spacial score (nSPS) is 11.6. The third-order valence-corrected chi connectivity index (χ3v) is 5.07. The number of nitrogens with one attached hydrogen (secondary N) is 2. The van der Waals surface area contributed by atoms with Gasteiger partial charge in [-0.25, -0.2) is 9.59 Å². The average molecular weight is 432 g/mol. The molecule has 0 aliphatic heterocycles. The summed E-state index contributed by atoms with van der Waals surface area (Å²) in [5.74, 6) is -3.02. The second-order valence-corrected chi connectivity index (χ2v) is 8.07. The zero-order valence-corrected chi connectivity index (χ0v) is 15.2. The first-order chi connectivity index (χ1) is 12.8. The van der Waals surface area contributed by atoms with E-state index in [9.17, 15) is 31.5 Å². The van der Waals surface area contributed by atoms with Crippen molar-refractivity contribution < 1.29 is 45.7 Å². The Labute approximate surface area is 157 Å². The molecule has 0 amide bonds. The molecule has 14 heteroatoms. The smallest absolute Gasteiger partial charge is 0.337 e. The van der Waals surface area contributed by atoms with E-state index in [0.717, 1.165) is 30.3 Å². The lowest BCUT2D eigenvalue weighted by atomic mass is 10.1. The fourth-order valence-electron chi connectivity index (χ4n) is 2.08. The van der Waals surface area contributed by atoms with Crippen LogP contribution >= 0.6 is 0 Å². The van der Waals surface area contributed by atoms with E-state index in [1.807, 2.05) is 0 Å². The largest absolute Gasteiger partial charge is 0.478 e. The van der Waals surface area contributed by atoms with Gasteiger partial charge in [-0.1, -0.05) is 0 Å². The summed E-state index contributed by atoms with van der Waals surface area (Å²) in [6, 6.07) is 5.07. The number of carbonyl (C=O) groups is 2. The number of aromatic carboxylic acids is 2. The van der Waals surface area contributed by atoms with Crippen LogP contribution in [0, 0.1) is 0 Å². The molecule has 2 rings (SSSR count). The summed E-state index contributed by atoms with van der Waals surface area (Å²) in [7, 11) is -9.31. The van der Waals surface area contributed by atoms with Crippen molar-refractivity contribution in [3.63, 3.8) is 0 Å². The van der Waals surface area contributed by atoms with Gasteiger partial charge in [-0.2, -0.15) is 16.8 Å². The number of benzene rings is 2. The van der Waals surface area contributed by atoms with Gasteiger partial charge in [0, 0.05) is 0 Å². The third kappa shape index (κ3) is 4.74. The van der Waals surface area contributed by atoms with Gasteiger partial charge in [0.2, 0.25) is 0 Å². The van der Waals surface area contributed by atoms with Crippen molar-refractivity contribution in [2.75, 3.05) is 10.9 Å². The molecule has 6 N–H and O–H groups in total. The average Bonchev–Trinajstić information content (AvgIpc) is 2.57. The van der Waals surface area contributed by atoms with Crippen molar-refractivity contribution in [2.24, 2.45) is 0 Å². The molecule has 0 atom stereocenters. The Morgan fingerprint density at radius 1 is 0.679 bits per heavy atom. The van der Waals surface area contributed by atoms with Gasteiger partial charge in [-0.05, 0) is 36.4 Å². The van der Waals surface area contributed by atoms with Crippen molar-refractivity contribution in [2.45, 2.75) is 9.79 Å². The van der Waals surface area contributed by atoms with Gasteiger partial charge in [0.05, 0.1) is 32.3 Å². The molecule has 0 aliphatic carbocycles. The maximum absolute atomic E-state index is 11.3. The van der Waals surface area contributed by atoms with Crippen molar-refractivity contribution >= 4 is 43.5 Å². The summed E-state index contributed by atoms with van der Waals surface area (Å²) in [5, 5.41) is 18.4. The van der Waals surface area contributed by atoms with Gasteiger partial charge in [0.15, 0.2) is 0 Å². The van der Waals surface area contributed by atoms with Gasteiger partial charge in [0.25, 0.3) is 20.2 Å². The molecule has 2 aromatic carbocycles. The number of anilines is 2. The molecule has 0 aliphatic rings. The summed E-state index contributed by atoms with van der Waals surface area (Å²) in [4.78, 5) is 21.3. The Kier molecular flexibility index (Phi) is 5.60. The highest BCUT2D eigenvalue weighted by molar-refractivity contribution is 7.86. The Morgan fingerprint density at radius 2 is 1.14 bits per heavy atom. The van der Waals surface area contributed by atoms with E-state index in [2.05, 4.69) is 10.9 Å². The fraction of sp³-hybridized carbons (Fsp3) is 0. The topological polar surface area (TPSA) is 207 Å². The number of hydrazine groups is 1. The Hall–Kier alpha value is -3.20. The van der Waals surface area contributed by atoms with Gasteiger partial charge in [-0.15, -0.1) is 0 Å². The zero-order valence-electron chi connectivity index (χ0n) is 13.5. The Bertz CT molecular complexity index is 1170. The summed E-state index contributed by atoms with van der Waals surface area (Å²) in [6.45, 7) is 0. The maximum atomic E-state index is 11.3. The predicted molar refractivity (Wildman–Crippen MR) is 93.7 cm³/mol. The zero-order chi connectivity index (χ0) is 21.3. The standard InChI is InChI=1S/C14H12N2O10S2/c17-13(18)9-3-1-8(28(24,25)26)6-12(9)16-15-11-4-2-7(27(21,22)23)5-10(11)14(19)20/h1-6,15-16H,(H,17,18)(H,19,20)(H,21,22,23)(H,24,25,26). The van der Waals surface area contributed by atoms with E-state index in [1.165, 1.54) is 0 Å². The molecular weight excluding hydrogens is 420 g/mol. The first kappa shape index (κ1) is 21.1. The number of rotatable bonds is 7. The first-order valence-electron chi connectivity index (χ1n) is 7.02. The Morgan fingerprint density at radius 3 is 1.64 bits per heavy atom. The number of hydrogen-bond acceptors (Lipinski definition) is 8. The molecule has 0 heterocycles. The SMILES string of the molecule is O=C(O)c1ccc(S(=O)(=O)O)cc1NNc1ccc(S(=O)(=O)O)cc1C(=O)O. The molecule has 0 saturated heterocycles. The second kappa shape index (κ2) is 7.43. The third-order valence-electron chi connectivity index (χ3n) is 3.37. The van der Waals surface area contributed by atoms with Crippen LogP contribution in [0.3, 0.4) is 0 Å². The number of carboxylic acid groups (broad SMARTS) is 2. The molecule has 12 nitrogen and oxygen atoms in total. The highest BCUT2D eigenvalue weighted by Gasteiger charge is 2.19. The van der Waals surface area contributed by atoms with Crippen LogP contribution in [-0.2, 0) is 20.2 Å². The van der Waals surface area contributed by atoms with E-state index in [4.69, 9.17) is 14.2 Å². The van der Waals surface area contributed by atoms with Crippen LogP contribution in [0.2, 0.25) is 0 Å². The molecule has 0 unspecified atom stereocenters. The van der Waals surface area contributed by atoms with Crippen molar-refractivity contribution in [1.82, 2.24) is 0 Å². The van der Waals surface area contributed by atoms with E-state index in [0.29, 0.717) is 6.07 Å². The minimum absolute atomic E-state index is 0.228. The molecule has 0 spiro atoms. The van der Waals surface area contributed by atoms with Crippen LogP contribution in [0.15, 0.2) is 46.2 Å². The molecule has 0 aromatic heterocycles. The molecule has 0 radical (unpaired) electrons. The van der Waals surface area contributed by atoms with E-state index < -0.39 is 53.1 Å². The van der Waals surface area contributed by atoms with Crippen LogP contribution in [0.5, 0.6) is 0 Å². The lowest BCUT2D eigenvalue weighted by Gasteiger charge is -2.15. The summed E-state index contributed by atoms with van der Waals surface area (Å²) in [5.41, 5.74) is 3.05. The molecule has 2 aromatic rings. The minimum atomic E-state index is -4.67.